The van der Waals surface area contributed by atoms with Crippen molar-refractivity contribution in [1.82, 2.24) is 5.32 Å². The van der Waals surface area contributed by atoms with Crippen LogP contribution < -0.4 is 5.32 Å². The lowest BCUT2D eigenvalue weighted by Gasteiger charge is -2.35. The van der Waals surface area contributed by atoms with Crippen LogP contribution in [0.5, 0.6) is 0 Å². The molecule has 0 aromatic rings. The van der Waals surface area contributed by atoms with Crippen LogP contribution in [-0.4, -0.2) is 25.8 Å². The summed E-state index contributed by atoms with van der Waals surface area (Å²) in [5, 5.41) is 11.6. The van der Waals surface area contributed by atoms with Crippen LogP contribution >= 0.6 is 0 Å². The topological polar surface area (TPSA) is 45.0 Å². The molecule has 0 spiro atoms. The second kappa shape index (κ2) is 4.44. The van der Waals surface area contributed by atoms with Crippen molar-refractivity contribution in [3.05, 3.63) is 0 Å². The third-order valence-corrected chi connectivity index (χ3v) is 2.26. The maximum atomic E-state index is 8.49. The number of hydrogen-bond acceptors (Lipinski definition) is 3. The van der Waals surface area contributed by atoms with Crippen LogP contribution in [0.1, 0.15) is 19.8 Å². The van der Waals surface area contributed by atoms with Crippen molar-refractivity contribution in [2.24, 2.45) is 5.92 Å². The fourth-order valence-electron chi connectivity index (χ4n) is 1.56. The molecule has 0 aromatic carbocycles. The summed E-state index contributed by atoms with van der Waals surface area (Å²) in [6, 6.07) is 2.07. The Kier molecular flexibility index (Phi) is 3.51. The quantitative estimate of drug-likeness (QED) is 0.678. The van der Waals surface area contributed by atoms with Crippen molar-refractivity contribution in [2.45, 2.75) is 32.0 Å². The van der Waals surface area contributed by atoms with Crippen molar-refractivity contribution in [3.8, 4) is 6.07 Å². The maximum absolute atomic E-state index is 8.49. The van der Waals surface area contributed by atoms with Crippen molar-refractivity contribution < 1.29 is 4.74 Å². The van der Waals surface area contributed by atoms with Gasteiger partial charge in [0.15, 0.2) is 0 Å². The van der Waals surface area contributed by atoms with E-state index in [2.05, 4.69) is 11.4 Å². The van der Waals surface area contributed by atoms with Gasteiger partial charge in [-0.05, 0) is 39.3 Å². The summed E-state index contributed by atoms with van der Waals surface area (Å²) in [7, 11) is 1.96. The van der Waals surface area contributed by atoms with Crippen LogP contribution in [0, 0.1) is 17.2 Å². The van der Waals surface area contributed by atoms with Crippen molar-refractivity contribution in [2.75, 3.05) is 13.6 Å². The Labute approximate surface area is 73.7 Å². The van der Waals surface area contributed by atoms with Gasteiger partial charge in [-0.2, -0.15) is 5.26 Å². The first kappa shape index (κ1) is 9.50. The van der Waals surface area contributed by atoms with Gasteiger partial charge in [0.25, 0.3) is 0 Å². The molecule has 1 atom stereocenters. The van der Waals surface area contributed by atoms with Gasteiger partial charge < -0.3 is 10.1 Å². The van der Waals surface area contributed by atoms with Gasteiger partial charge in [-0.25, -0.2) is 0 Å². The highest BCUT2D eigenvalue weighted by atomic mass is 16.5. The average Bonchev–Trinajstić information content (AvgIpc) is 2.00. The number of hydrogen-bond donors (Lipinski definition) is 1. The third kappa shape index (κ3) is 2.47. The molecule has 1 aliphatic carbocycles. The molecule has 0 aliphatic heterocycles. The minimum atomic E-state index is -0.245. The summed E-state index contributed by atoms with van der Waals surface area (Å²) in [6.45, 7) is 2.87. The molecule has 1 unspecified atom stereocenters. The van der Waals surface area contributed by atoms with Crippen LogP contribution in [0.25, 0.3) is 0 Å². The molecular formula is C9H16N2O. The highest BCUT2D eigenvalue weighted by Gasteiger charge is 2.30. The first-order valence-electron chi connectivity index (χ1n) is 4.46. The van der Waals surface area contributed by atoms with Gasteiger partial charge in [0.2, 0.25) is 0 Å². The lowest BCUT2D eigenvalue weighted by atomic mass is 9.82. The second-order valence-electron chi connectivity index (χ2n) is 3.42. The number of ether oxygens (including phenoxy) is 1. The minimum Gasteiger partial charge on any atom is -0.360 e. The highest BCUT2D eigenvalue weighted by molar-refractivity contribution is 4.86. The fourth-order valence-corrected chi connectivity index (χ4v) is 1.56. The van der Waals surface area contributed by atoms with Crippen molar-refractivity contribution >= 4 is 0 Å². The van der Waals surface area contributed by atoms with E-state index in [1.807, 2.05) is 7.05 Å². The molecule has 1 fully saturated rings. The monoisotopic (exact) mass is 168 g/mol. The van der Waals surface area contributed by atoms with E-state index < -0.39 is 0 Å². The van der Waals surface area contributed by atoms with Gasteiger partial charge in [-0.1, -0.05) is 0 Å². The van der Waals surface area contributed by atoms with Crippen LogP contribution in [0.3, 0.4) is 0 Å². The number of nitriles is 1. The van der Waals surface area contributed by atoms with Gasteiger partial charge in [0.1, 0.15) is 6.10 Å². The summed E-state index contributed by atoms with van der Waals surface area (Å²) < 4.78 is 5.42. The second-order valence-corrected chi connectivity index (χ2v) is 3.42. The number of nitrogens with one attached hydrogen (secondary N) is 1. The number of nitrogens with zero attached hydrogens (tertiary/aromatic N) is 1. The van der Waals surface area contributed by atoms with Gasteiger partial charge in [-0.15, -0.1) is 0 Å². The zero-order valence-corrected chi connectivity index (χ0v) is 7.71. The van der Waals surface area contributed by atoms with E-state index in [1.54, 1.807) is 6.92 Å². The first-order chi connectivity index (χ1) is 5.76. The Morgan fingerprint density at radius 3 is 2.83 bits per heavy atom. The minimum absolute atomic E-state index is 0.245. The van der Waals surface area contributed by atoms with Crippen molar-refractivity contribution in [3.63, 3.8) is 0 Å². The van der Waals surface area contributed by atoms with E-state index in [0.29, 0.717) is 6.10 Å². The summed E-state index contributed by atoms with van der Waals surface area (Å²) >= 11 is 0. The van der Waals surface area contributed by atoms with Gasteiger partial charge in [0, 0.05) is 0 Å². The Morgan fingerprint density at radius 1 is 1.67 bits per heavy atom. The Bertz CT molecular complexity index is 170. The molecule has 1 saturated carbocycles. The third-order valence-electron chi connectivity index (χ3n) is 2.26. The molecule has 1 rings (SSSR count). The predicted octanol–water partition coefficient (Wildman–Crippen LogP) is 0.913. The van der Waals surface area contributed by atoms with E-state index in [-0.39, 0.29) is 6.10 Å². The standard InChI is InChI=1S/C9H16N2O/c1-7(5-10)12-9-3-8(4-9)6-11-2/h7-9,11H,3-4,6H2,1-2H3. The van der Waals surface area contributed by atoms with Crippen LogP contribution in [0.2, 0.25) is 0 Å². The molecule has 3 nitrogen and oxygen atoms in total. The predicted molar refractivity (Wildman–Crippen MR) is 46.6 cm³/mol. The SMILES string of the molecule is CNCC1CC(OC(C)C#N)C1. The van der Waals surface area contributed by atoms with Gasteiger partial charge in [0.05, 0.1) is 12.2 Å². The Morgan fingerprint density at radius 2 is 2.33 bits per heavy atom. The molecule has 1 aliphatic rings. The Hall–Kier alpha value is -0.590. The first-order valence-corrected chi connectivity index (χ1v) is 4.46. The molecule has 0 radical (unpaired) electrons. The zero-order valence-electron chi connectivity index (χ0n) is 7.71. The summed E-state index contributed by atoms with van der Waals surface area (Å²) in [5.41, 5.74) is 0. The molecule has 0 amide bonds. The molecule has 0 heterocycles. The normalized spacial score (nSPS) is 30.4. The lowest BCUT2D eigenvalue weighted by molar-refractivity contribution is -0.0481. The van der Waals surface area contributed by atoms with Crippen LogP contribution in [-0.2, 0) is 4.74 Å². The van der Waals surface area contributed by atoms with Gasteiger partial charge >= 0.3 is 0 Å². The molecule has 3 heteroatoms. The summed E-state index contributed by atoms with van der Waals surface area (Å²) in [4.78, 5) is 0. The number of rotatable bonds is 4. The molecular weight excluding hydrogens is 152 g/mol. The van der Waals surface area contributed by atoms with Crippen molar-refractivity contribution in [1.29, 1.82) is 5.26 Å². The summed E-state index contributed by atoms with van der Waals surface area (Å²) in [6.07, 6.45) is 2.29. The molecule has 0 bridgehead atoms. The Balaban J connectivity index is 2.06. The maximum Gasteiger partial charge on any atom is 0.141 e. The van der Waals surface area contributed by atoms with E-state index in [4.69, 9.17) is 10.00 Å². The molecule has 12 heavy (non-hydrogen) atoms. The molecule has 68 valence electrons. The lowest BCUT2D eigenvalue weighted by Crippen LogP contribution is -2.38. The zero-order chi connectivity index (χ0) is 8.97. The van der Waals surface area contributed by atoms with E-state index in [9.17, 15) is 0 Å². The van der Waals surface area contributed by atoms with Gasteiger partial charge in [-0.3, -0.25) is 0 Å². The molecule has 0 saturated heterocycles. The highest BCUT2D eigenvalue weighted by Crippen LogP contribution is 2.29. The summed E-state index contributed by atoms with van der Waals surface area (Å²) in [5.74, 6) is 0.755. The van der Waals surface area contributed by atoms with Crippen LogP contribution in [0.15, 0.2) is 0 Å². The molecule has 1 N–H and O–H groups in total. The van der Waals surface area contributed by atoms with E-state index >= 15 is 0 Å². The van der Waals surface area contributed by atoms with E-state index in [0.717, 1.165) is 25.3 Å². The largest absolute Gasteiger partial charge is 0.360 e. The average molecular weight is 168 g/mol. The fraction of sp³-hybridized carbons (Fsp3) is 0.889. The molecule has 0 aromatic heterocycles. The smallest absolute Gasteiger partial charge is 0.141 e. The van der Waals surface area contributed by atoms with Crippen LogP contribution in [0.4, 0.5) is 0 Å². The van der Waals surface area contributed by atoms with E-state index in [1.165, 1.54) is 0 Å².